The standard InChI is InChI=1S/C11H16FNO2S/c1-7-6-9(12)4-5-10(7)11(13)8(2)16(3,14)15/h4-6,8,11H,13H2,1-3H3. The number of aryl methyl sites for hydroxylation is 1. The van der Waals surface area contributed by atoms with Gasteiger partial charge in [-0.1, -0.05) is 6.07 Å². The van der Waals surface area contributed by atoms with Gasteiger partial charge in [0.1, 0.15) is 5.82 Å². The fourth-order valence-corrected chi connectivity index (χ4v) is 2.21. The van der Waals surface area contributed by atoms with Gasteiger partial charge in [0.05, 0.1) is 5.25 Å². The summed E-state index contributed by atoms with van der Waals surface area (Å²) in [5.74, 6) is -0.347. The highest BCUT2D eigenvalue weighted by Gasteiger charge is 2.25. The highest BCUT2D eigenvalue weighted by atomic mass is 32.2. The number of nitrogens with two attached hydrogens (primary N) is 1. The van der Waals surface area contributed by atoms with E-state index < -0.39 is 21.1 Å². The molecule has 0 aliphatic carbocycles. The minimum absolute atomic E-state index is 0.347. The molecule has 5 heteroatoms. The lowest BCUT2D eigenvalue weighted by Crippen LogP contribution is -2.31. The van der Waals surface area contributed by atoms with Crippen molar-refractivity contribution in [2.24, 2.45) is 5.73 Å². The lowest BCUT2D eigenvalue weighted by atomic mass is 10.00. The molecule has 2 atom stereocenters. The monoisotopic (exact) mass is 245 g/mol. The van der Waals surface area contributed by atoms with Crippen molar-refractivity contribution in [3.05, 3.63) is 35.1 Å². The fourth-order valence-electron chi connectivity index (χ4n) is 1.53. The van der Waals surface area contributed by atoms with Crippen LogP contribution in [0.2, 0.25) is 0 Å². The predicted octanol–water partition coefficient (Wildman–Crippen LogP) is 1.57. The zero-order valence-corrected chi connectivity index (χ0v) is 10.4. The van der Waals surface area contributed by atoms with Crippen molar-refractivity contribution in [3.63, 3.8) is 0 Å². The van der Waals surface area contributed by atoms with E-state index in [-0.39, 0.29) is 5.82 Å². The number of benzene rings is 1. The fraction of sp³-hybridized carbons (Fsp3) is 0.455. The van der Waals surface area contributed by atoms with E-state index in [9.17, 15) is 12.8 Å². The van der Waals surface area contributed by atoms with E-state index in [0.29, 0.717) is 11.1 Å². The van der Waals surface area contributed by atoms with Gasteiger partial charge in [0.25, 0.3) is 0 Å². The first kappa shape index (κ1) is 13.1. The van der Waals surface area contributed by atoms with Gasteiger partial charge in [-0.05, 0) is 37.1 Å². The van der Waals surface area contributed by atoms with Crippen molar-refractivity contribution in [1.82, 2.24) is 0 Å². The van der Waals surface area contributed by atoms with Crippen LogP contribution in [0.25, 0.3) is 0 Å². The van der Waals surface area contributed by atoms with E-state index >= 15 is 0 Å². The van der Waals surface area contributed by atoms with Crippen LogP contribution >= 0.6 is 0 Å². The minimum atomic E-state index is -3.20. The van der Waals surface area contributed by atoms with Crippen LogP contribution < -0.4 is 5.73 Å². The third-order valence-corrected chi connectivity index (χ3v) is 4.42. The average molecular weight is 245 g/mol. The van der Waals surface area contributed by atoms with E-state index in [0.717, 1.165) is 6.26 Å². The largest absolute Gasteiger partial charge is 0.323 e. The summed E-state index contributed by atoms with van der Waals surface area (Å²) < 4.78 is 35.6. The minimum Gasteiger partial charge on any atom is -0.323 e. The average Bonchev–Trinajstić information content (AvgIpc) is 2.14. The molecular formula is C11H16FNO2S. The van der Waals surface area contributed by atoms with Gasteiger partial charge in [0.15, 0.2) is 9.84 Å². The highest BCUT2D eigenvalue weighted by molar-refractivity contribution is 7.91. The molecular weight excluding hydrogens is 229 g/mol. The summed E-state index contributed by atoms with van der Waals surface area (Å²) in [6.07, 6.45) is 1.15. The lowest BCUT2D eigenvalue weighted by molar-refractivity contribution is 0.569. The van der Waals surface area contributed by atoms with Gasteiger partial charge in [0, 0.05) is 12.3 Å². The Morgan fingerprint density at radius 3 is 2.38 bits per heavy atom. The zero-order valence-electron chi connectivity index (χ0n) is 9.57. The predicted molar refractivity (Wildman–Crippen MR) is 62.4 cm³/mol. The SMILES string of the molecule is Cc1cc(F)ccc1C(N)C(C)S(C)(=O)=O. The summed E-state index contributed by atoms with van der Waals surface area (Å²) in [6, 6.07) is 3.55. The molecule has 0 saturated heterocycles. The Hall–Kier alpha value is -0.940. The zero-order chi connectivity index (χ0) is 12.5. The highest BCUT2D eigenvalue weighted by Crippen LogP contribution is 2.22. The van der Waals surface area contributed by atoms with Crippen LogP contribution in [-0.2, 0) is 9.84 Å². The molecule has 0 aromatic heterocycles. The van der Waals surface area contributed by atoms with Crippen molar-refractivity contribution in [3.8, 4) is 0 Å². The topological polar surface area (TPSA) is 60.2 Å². The normalized spacial score (nSPS) is 15.8. The van der Waals surface area contributed by atoms with Gasteiger partial charge in [0.2, 0.25) is 0 Å². The molecule has 0 spiro atoms. The lowest BCUT2D eigenvalue weighted by Gasteiger charge is -2.20. The van der Waals surface area contributed by atoms with Crippen molar-refractivity contribution in [2.75, 3.05) is 6.26 Å². The number of halogens is 1. The van der Waals surface area contributed by atoms with Crippen LogP contribution in [0.5, 0.6) is 0 Å². The Bertz CT molecular complexity index is 485. The van der Waals surface area contributed by atoms with Gasteiger partial charge in [-0.2, -0.15) is 0 Å². The Labute approximate surface area is 95.4 Å². The summed E-state index contributed by atoms with van der Waals surface area (Å²) in [5.41, 5.74) is 7.21. The van der Waals surface area contributed by atoms with Gasteiger partial charge in [-0.3, -0.25) is 0 Å². The van der Waals surface area contributed by atoms with Crippen LogP contribution in [0.15, 0.2) is 18.2 Å². The first-order valence-corrected chi connectivity index (χ1v) is 6.89. The smallest absolute Gasteiger partial charge is 0.151 e. The van der Waals surface area contributed by atoms with E-state index in [2.05, 4.69) is 0 Å². The Kier molecular flexibility index (Phi) is 3.70. The van der Waals surface area contributed by atoms with Gasteiger partial charge in [-0.25, -0.2) is 12.8 Å². The molecule has 0 saturated carbocycles. The molecule has 0 heterocycles. The summed E-state index contributed by atoms with van der Waals surface area (Å²) in [4.78, 5) is 0. The molecule has 1 aromatic carbocycles. The number of sulfone groups is 1. The third kappa shape index (κ3) is 2.80. The molecule has 0 bridgehead atoms. The molecule has 0 fully saturated rings. The van der Waals surface area contributed by atoms with Crippen LogP contribution in [0.4, 0.5) is 4.39 Å². The molecule has 0 radical (unpaired) electrons. The maximum Gasteiger partial charge on any atom is 0.151 e. The first-order valence-electron chi connectivity index (χ1n) is 4.94. The maximum absolute atomic E-state index is 12.9. The summed E-state index contributed by atoms with van der Waals surface area (Å²) in [7, 11) is -3.20. The Balaban J connectivity index is 3.10. The van der Waals surface area contributed by atoms with Crippen molar-refractivity contribution < 1.29 is 12.8 Å². The molecule has 2 unspecified atom stereocenters. The Morgan fingerprint density at radius 2 is 1.94 bits per heavy atom. The molecule has 0 aliphatic heterocycles. The second-order valence-corrected chi connectivity index (χ2v) is 6.46. The van der Waals surface area contributed by atoms with Gasteiger partial charge >= 0.3 is 0 Å². The van der Waals surface area contributed by atoms with E-state index in [1.165, 1.54) is 18.2 Å². The molecule has 1 aromatic rings. The van der Waals surface area contributed by atoms with E-state index in [4.69, 9.17) is 5.73 Å². The second-order valence-electron chi connectivity index (χ2n) is 4.06. The molecule has 1 rings (SSSR count). The molecule has 2 N–H and O–H groups in total. The molecule has 90 valence electrons. The molecule has 0 amide bonds. The Morgan fingerprint density at radius 1 is 1.38 bits per heavy atom. The maximum atomic E-state index is 12.9. The summed E-state index contributed by atoms with van der Waals surface area (Å²) in [6.45, 7) is 3.27. The number of hydrogen-bond acceptors (Lipinski definition) is 3. The quantitative estimate of drug-likeness (QED) is 0.879. The summed E-state index contributed by atoms with van der Waals surface area (Å²) in [5, 5.41) is -0.684. The third-order valence-electron chi connectivity index (χ3n) is 2.77. The van der Waals surface area contributed by atoms with Crippen LogP contribution in [0, 0.1) is 12.7 Å². The van der Waals surface area contributed by atoms with Crippen molar-refractivity contribution >= 4 is 9.84 Å². The second kappa shape index (κ2) is 4.51. The van der Waals surface area contributed by atoms with Gasteiger partial charge in [-0.15, -0.1) is 0 Å². The van der Waals surface area contributed by atoms with Crippen molar-refractivity contribution in [2.45, 2.75) is 25.1 Å². The van der Waals surface area contributed by atoms with Crippen LogP contribution in [0.3, 0.4) is 0 Å². The number of hydrogen-bond donors (Lipinski definition) is 1. The summed E-state index contributed by atoms with van der Waals surface area (Å²) >= 11 is 0. The van der Waals surface area contributed by atoms with E-state index in [1.54, 1.807) is 13.8 Å². The van der Waals surface area contributed by atoms with Gasteiger partial charge < -0.3 is 5.73 Å². The van der Waals surface area contributed by atoms with Crippen molar-refractivity contribution in [1.29, 1.82) is 0 Å². The number of rotatable bonds is 3. The van der Waals surface area contributed by atoms with Crippen LogP contribution in [-0.4, -0.2) is 19.9 Å². The first-order chi connectivity index (χ1) is 7.23. The molecule has 0 aliphatic rings. The van der Waals surface area contributed by atoms with E-state index in [1.807, 2.05) is 0 Å². The van der Waals surface area contributed by atoms with Crippen LogP contribution in [0.1, 0.15) is 24.1 Å². The molecule has 16 heavy (non-hydrogen) atoms. The molecule has 3 nitrogen and oxygen atoms in total.